The third kappa shape index (κ3) is 4.08. The van der Waals surface area contributed by atoms with Crippen LogP contribution in [-0.4, -0.2) is 24.9 Å². The van der Waals surface area contributed by atoms with Crippen LogP contribution < -0.4 is 16.4 Å². The van der Waals surface area contributed by atoms with Gasteiger partial charge in [-0.2, -0.15) is 0 Å². The van der Waals surface area contributed by atoms with E-state index < -0.39 is 6.04 Å². The van der Waals surface area contributed by atoms with Crippen LogP contribution in [0.5, 0.6) is 0 Å². The third-order valence-corrected chi connectivity index (χ3v) is 2.79. The van der Waals surface area contributed by atoms with Gasteiger partial charge in [-0.15, -0.1) is 6.58 Å². The molecule has 0 aliphatic carbocycles. The van der Waals surface area contributed by atoms with Crippen LogP contribution in [0.3, 0.4) is 0 Å². The van der Waals surface area contributed by atoms with Crippen LogP contribution in [0.2, 0.25) is 5.02 Å². The van der Waals surface area contributed by atoms with Crippen molar-refractivity contribution in [2.45, 2.75) is 12.5 Å². The van der Waals surface area contributed by atoms with Gasteiger partial charge < -0.3 is 16.4 Å². The Morgan fingerprint density at radius 3 is 2.79 bits per heavy atom. The number of carbonyl (C=O) groups excluding carboxylic acids is 2. The molecule has 0 aliphatic rings. The Hall–Kier alpha value is -1.85. The van der Waals surface area contributed by atoms with Crippen LogP contribution in [0.15, 0.2) is 30.9 Å². The van der Waals surface area contributed by atoms with Crippen molar-refractivity contribution in [1.29, 1.82) is 0 Å². The van der Waals surface area contributed by atoms with Crippen LogP contribution >= 0.6 is 11.6 Å². The number of carbonyl (C=O) groups is 2. The van der Waals surface area contributed by atoms with Crippen LogP contribution in [0.25, 0.3) is 0 Å². The molecule has 1 unspecified atom stereocenters. The Balaban J connectivity index is 2.88. The maximum Gasteiger partial charge on any atom is 0.252 e. The molecule has 0 spiro atoms. The van der Waals surface area contributed by atoms with E-state index in [2.05, 4.69) is 17.2 Å². The normalized spacial score (nSPS) is 11.5. The Morgan fingerprint density at radius 1 is 1.53 bits per heavy atom. The van der Waals surface area contributed by atoms with E-state index in [-0.39, 0.29) is 11.8 Å². The van der Waals surface area contributed by atoms with Crippen molar-refractivity contribution in [2.24, 2.45) is 5.73 Å². The summed E-state index contributed by atoms with van der Waals surface area (Å²) in [6, 6.07) is 3.98. The van der Waals surface area contributed by atoms with Crippen molar-refractivity contribution in [2.75, 3.05) is 12.4 Å². The highest BCUT2D eigenvalue weighted by molar-refractivity contribution is 6.34. The molecule has 19 heavy (non-hydrogen) atoms. The molecule has 0 aromatic heterocycles. The summed E-state index contributed by atoms with van der Waals surface area (Å²) >= 11 is 5.91. The summed E-state index contributed by atoms with van der Waals surface area (Å²) in [7, 11) is 1.50. The maximum atomic E-state index is 11.7. The molecular weight excluding hydrogens is 266 g/mol. The predicted molar refractivity (Wildman–Crippen MR) is 76.3 cm³/mol. The average Bonchev–Trinajstić information content (AvgIpc) is 2.40. The number of benzene rings is 1. The minimum atomic E-state index is -0.670. The van der Waals surface area contributed by atoms with Gasteiger partial charge in [-0.3, -0.25) is 9.59 Å². The third-order valence-electron chi connectivity index (χ3n) is 2.46. The number of halogens is 1. The van der Waals surface area contributed by atoms with Crippen molar-refractivity contribution in [3.05, 3.63) is 41.4 Å². The first-order valence-electron chi connectivity index (χ1n) is 5.68. The molecule has 1 rings (SSSR count). The van der Waals surface area contributed by atoms with Crippen molar-refractivity contribution in [3.63, 3.8) is 0 Å². The molecule has 5 nitrogen and oxygen atoms in total. The van der Waals surface area contributed by atoms with Crippen LogP contribution in [0, 0.1) is 0 Å². The maximum absolute atomic E-state index is 11.7. The molecule has 1 atom stereocenters. The molecule has 1 aromatic rings. The standard InChI is InChI=1S/C13H16ClN3O2/c1-3-4-11(15)13(19)17-8-5-6-10(14)9(7-8)12(18)16-2/h3,5-7,11H,1,4,15H2,2H3,(H,16,18)(H,17,19). The number of amides is 2. The second-order valence-corrected chi connectivity index (χ2v) is 4.30. The van der Waals surface area contributed by atoms with Gasteiger partial charge in [0.25, 0.3) is 5.91 Å². The van der Waals surface area contributed by atoms with Gasteiger partial charge in [-0.25, -0.2) is 0 Å². The van der Waals surface area contributed by atoms with Gasteiger partial charge in [0.1, 0.15) is 0 Å². The number of hydrogen-bond acceptors (Lipinski definition) is 3. The molecule has 0 saturated heterocycles. The van der Waals surface area contributed by atoms with Crippen molar-refractivity contribution in [3.8, 4) is 0 Å². The molecular formula is C13H16ClN3O2. The van der Waals surface area contributed by atoms with Gasteiger partial charge in [0, 0.05) is 12.7 Å². The zero-order chi connectivity index (χ0) is 14.4. The predicted octanol–water partition coefficient (Wildman–Crippen LogP) is 1.54. The van der Waals surface area contributed by atoms with Gasteiger partial charge in [0.05, 0.1) is 16.6 Å². The highest BCUT2D eigenvalue weighted by Gasteiger charge is 2.14. The van der Waals surface area contributed by atoms with Gasteiger partial charge in [-0.1, -0.05) is 17.7 Å². The summed E-state index contributed by atoms with van der Waals surface area (Å²) in [4.78, 5) is 23.3. The summed E-state index contributed by atoms with van der Waals surface area (Å²) in [5.74, 6) is -0.665. The monoisotopic (exact) mass is 281 g/mol. The molecule has 0 aliphatic heterocycles. The van der Waals surface area contributed by atoms with Crippen molar-refractivity contribution >= 4 is 29.1 Å². The highest BCUT2D eigenvalue weighted by atomic mass is 35.5. The first-order valence-corrected chi connectivity index (χ1v) is 6.06. The first kappa shape index (κ1) is 15.2. The Morgan fingerprint density at radius 2 is 2.21 bits per heavy atom. The Kier molecular flexibility index (Phi) is 5.54. The SMILES string of the molecule is C=CCC(N)C(=O)Nc1ccc(Cl)c(C(=O)NC)c1. The summed E-state index contributed by atoms with van der Waals surface area (Å²) in [5, 5.41) is 5.41. The topological polar surface area (TPSA) is 84.2 Å². The number of anilines is 1. The van der Waals surface area contributed by atoms with Crippen molar-refractivity contribution in [1.82, 2.24) is 5.32 Å². The lowest BCUT2D eigenvalue weighted by Gasteiger charge is -2.11. The summed E-state index contributed by atoms with van der Waals surface area (Å²) in [6.07, 6.45) is 1.95. The summed E-state index contributed by atoms with van der Waals surface area (Å²) in [5.41, 5.74) is 6.40. The first-order chi connectivity index (χ1) is 8.99. The van der Waals surface area contributed by atoms with E-state index in [1.165, 1.54) is 13.1 Å². The lowest BCUT2D eigenvalue weighted by molar-refractivity contribution is -0.117. The van der Waals surface area contributed by atoms with Crippen LogP contribution in [-0.2, 0) is 4.79 Å². The highest BCUT2D eigenvalue weighted by Crippen LogP contribution is 2.20. The quantitative estimate of drug-likeness (QED) is 0.716. The lowest BCUT2D eigenvalue weighted by Crippen LogP contribution is -2.35. The Labute approximate surface area is 116 Å². The molecule has 0 heterocycles. The molecule has 0 bridgehead atoms. The minimum Gasteiger partial charge on any atom is -0.355 e. The molecule has 0 fully saturated rings. The van der Waals surface area contributed by atoms with E-state index >= 15 is 0 Å². The second kappa shape index (κ2) is 6.92. The fourth-order valence-corrected chi connectivity index (χ4v) is 1.64. The number of rotatable bonds is 5. The number of hydrogen-bond donors (Lipinski definition) is 3. The molecule has 0 radical (unpaired) electrons. The molecule has 0 saturated carbocycles. The largest absolute Gasteiger partial charge is 0.355 e. The molecule has 6 heteroatoms. The fourth-order valence-electron chi connectivity index (χ4n) is 1.43. The minimum absolute atomic E-state index is 0.291. The fraction of sp³-hybridized carbons (Fsp3) is 0.231. The van der Waals surface area contributed by atoms with E-state index in [9.17, 15) is 9.59 Å². The van der Waals surface area contributed by atoms with Gasteiger partial charge >= 0.3 is 0 Å². The molecule has 1 aromatic carbocycles. The van der Waals surface area contributed by atoms with E-state index in [1.807, 2.05) is 0 Å². The van der Waals surface area contributed by atoms with Gasteiger partial charge in [-0.05, 0) is 24.6 Å². The van der Waals surface area contributed by atoms with E-state index in [0.717, 1.165) is 0 Å². The van der Waals surface area contributed by atoms with Gasteiger partial charge in [0.15, 0.2) is 0 Å². The number of nitrogens with two attached hydrogens (primary N) is 1. The van der Waals surface area contributed by atoms with Crippen molar-refractivity contribution < 1.29 is 9.59 Å². The Bertz CT molecular complexity index is 503. The summed E-state index contributed by atoms with van der Waals surface area (Å²) in [6.45, 7) is 3.52. The zero-order valence-electron chi connectivity index (χ0n) is 10.6. The van der Waals surface area contributed by atoms with Gasteiger partial charge in [0.2, 0.25) is 5.91 Å². The smallest absolute Gasteiger partial charge is 0.252 e. The lowest BCUT2D eigenvalue weighted by atomic mass is 10.1. The van der Waals surface area contributed by atoms with E-state index in [1.54, 1.807) is 18.2 Å². The van der Waals surface area contributed by atoms with E-state index in [4.69, 9.17) is 17.3 Å². The van der Waals surface area contributed by atoms with Crippen LogP contribution in [0.1, 0.15) is 16.8 Å². The average molecular weight is 282 g/mol. The second-order valence-electron chi connectivity index (χ2n) is 3.89. The summed E-state index contributed by atoms with van der Waals surface area (Å²) < 4.78 is 0. The zero-order valence-corrected chi connectivity index (χ0v) is 11.3. The van der Waals surface area contributed by atoms with E-state index in [0.29, 0.717) is 22.7 Å². The molecule has 2 amide bonds. The van der Waals surface area contributed by atoms with Crippen LogP contribution in [0.4, 0.5) is 5.69 Å². The number of nitrogens with one attached hydrogen (secondary N) is 2. The molecule has 4 N–H and O–H groups in total. The molecule has 102 valence electrons.